The molecule has 11 aromatic rings. The van der Waals surface area contributed by atoms with E-state index in [0.717, 1.165) is 61.3 Å². The van der Waals surface area contributed by atoms with Crippen molar-refractivity contribution in [3.8, 4) is 44.5 Å². The van der Waals surface area contributed by atoms with Gasteiger partial charge in [-0.2, -0.15) is 0 Å². The van der Waals surface area contributed by atoms with Crippen LogP contribution >= 0.6 is 0 Å². The van der Waals surface area contributed by atoms with Crippen LogP contribution < -0.4 is 4.90 Å². The predicted octanol–water partition coefficient (Wildman–Crippen LogP) is 16.4. The largest absolute Gasteiger partial charge is 0.456 e. The minimum absolute atomic E-state index is 0.621. The SMILES string of the molecule is c1ccc(-c2ccc(N(c3cccc(-c4ccc5c(c4)oc4ccccc45)c3-c3ccccc3)c3cccc4c3C(c3ccccc3)(c3ccccc3)c3ccccc3-4)cc2)cc1. The van der Waals surface area contributed by atoms with Gasteiger partial charge in [0.2, 0.25) is 0 Å². The van der Waals surface area contributed by atoms with Crippen molar-refractivity contribution in [1.29, 1.82) is 0 Å². The van der Waals surface area contributed by atoms with Crippen LogP contribution in [0.4, 0.5) is 17.1 Å². The van der Waals surface area contributed by atoms with Crippen LogP contribution in [0.2, 0.25) is 0 Å². The Morgan fingerprint density at radius 3 is 1.57 bits per heavy atom. The number of rotatable bonds is 8. The van der Waals surface area contributed by atoms with Gasteiger partial charge in [-0.1, -0.05) is 206 Å². The van der Waals surface area contributed by atoms with E-state index in [1.54, 1.807) is 0 Å². The van der Waals surface area contributed by atoms with Gasteiger partial charge in [0.05, 0.1) is 16.8 Å². The highest BCUT2D eigenvalue weighted by molar-refractivity contribution is 6.07. The van der Waals surface area contributed by atoms with E-state index in [1.165, 1.54) is 44.5 Å². The number of hydrogen-bond donors (Lipinski definition) is 0. The van der Waals surface area contributed by atoms with Gasteiger partial charge in [0.15, 0.2) is 0 Å². The fourth-order valence-electron chi connectivity index (χ4n) is 10.3. The highest BCUT2D eigenvalue weighted by Crippen LogP contribution is 2.60. The molecule has 1 aliphatic carbocycles. The van der Waals surface area contributed by atoms with Gasteiger partial charge in [-0.3, -0.25) is 0 Å². The number of hydrogen-bond acceptors (Lipinski definition) is 2. The number of furan rings is 1. The third-order valence-electron chi connectivity index (χ3n) is 13.0. The van der Waals surface area contributed by atoms with Crippen LogP contribution in [0.25, 0.3) is 66.4 Å². The Bertz CT molecular complexity index is 3390. The van der Waals surface area contributed by atoms with Crippen LogP contribution in [-0.4, -0.2) is 0 Å². The van der Waals surface area contributed by atoms with Crippen LogP contribution in [-0.2, 0) is 5.41 Å². The van der Waals surface area contributed by atoms with Gasteiger partial charge in [-0.25, -0.2) is 0 Å². The van der Waals surface area contributed by atoms with Gasteiger partial charge in [0.25, 0.3) is 0 Å². The number of nitrogens with zero attached hydrogens (tertiary/aromatic N) is 1. The zero-order valence-corrected chi connectivity index (χ0v) is 34.5. The molecule has 0 fully saturated rings. The van der Waals surface area contributed by atoms with Crippen LogP contribution in [0.15, 0.2) is 253 Å². The van der Waals surface area contributed by atoms with E-state index >= 15 is 0 Å². The molecule has 63 heavy (non-hydrogen) atoms. The lowest BCUT2D eigenvalue weighted by molar-refractivity contribution is 0.669. The molecule has 0 aliphatic heterocycles. The summed E-state index contributed by atoms with van der Waals surface area (Å²) in [4.78, 5) is 2.52. The van der Waals surface area contributed by atoms with Gasteiger partial charge in [0.1, 0.15) is 11.2 Å². The van der Waals surface area contributed by atoms with Crippen molar-refractivity contribution in [3.63, 3.8) is 0 Å². The van der Waals surface area contributed by atoms with Gasteiger partial charge in [-0.15, -0.1) is 0 Å². The molecule has 2 heteroatoms. The standard InChI is InChI=1S/C61H41NO/c1-5-19-42(20-6-1)43-35-38-48(39-36-43)62(55-32-17-29-49(59(55)44-21-7-2-8-22-44)45-37-40-52-51-28-14-16-34-57(51)63-58(52)41-45)56-33-18-30-53-50-27-13-15-31-54(50)61(60(53)56,46-23-9-3-10-24-46)47-25-11-4-12-26-47/h1-41H. The molecule has 0 amide bonds. The molecule has 0 unspecified atom stereocenters. The molecule has 0 saturated heterocycles. The van der Waals surface area contributed by atoms with Crippen molar-refractivity contribution in [2.24, 2.45) is 0 Å². The minimum atomic E-state index is -0.621. The zero-order valence-electron chi connectivity index (χ0n) is 34.5. The summed E-state index contributed by atoms with van der Waals surface area (Å²) in [6, 6.07) is 90.4. The average molecular weight is 804 g/mol. The number of benzene rings is 10. The molecule has 10 aromatic carbocycles. The third kappa shape index (κ3) is 5.87. The summed E-state index contributed by atoms with van der Waals surface area (Å²) in [6.07, 6.45) is 0. The smallest absolute Gasteiger partial charge is 0.136 e. The van der Waals surface area contributed by atoms with Crippen molar-refractivity contribution in [3.05, 3.63) is 271 Å². The van der Waals surface area contributed by atoms with E-state index in [-0.39, 0.29) is 0 Å². The summed E-state index contributed by atoms with van der Waals surface area (Å²) in [5, 5.41) is 2.24. The Morgan fingerprint density at radius 2 is 0.857 bits per heavy atom. The Morgan fingerprint density at radius 1 is 0.333 bits per heavy atom. The third-order valence-corrected chi connectivity index (χ3v) is 13.0. The van der Waals surface area contributed by atoms with E-state index in [0.29, 0.717) is 0 Å². The highest BCUT2D eigenvalue weighted by atomic mass is 16.3. The molecule has 0 saturated carbocycles. The molecule has 1 aromatic heterocycles. The average Bonchev–Trinajstić information content (AvgIpc) is 3.89. The molecule has 1 aliphatic rings. The molecule has 2 nitrogen and oxygen atoms in total. The van der Waals surface area contributed by atoms with Crippen LogP contribution in [0.1, 0.15) is 22.3 Å². The summed E-state index contributed by atoms with van der Waals surface area (Å²) in [5.41, 5.74) is 18.7. The van der Waals surface area contributed by atoms with E-state index in [4.69, 9.17) is 4.42 Å². The molecule has 0 spiro atoms. The van der Waals surface area contributed by atoms with Crippen molar-refractivity contribution in [1.82, 2.24) is 0 Å². The first-order valence-electron chi connectivity index (χ1n) is 21.7. The Hall–Kier alpha value is -8.20. The second kappa shape index (κ2) is 15.1. The molecule has 296 valence electrons. The lowest BCUT2D eigenvalue weighted by Gasteiger charge is -2.38. The second-order valence-corrected chi connectivity index (χ2v) is 16.4. The van der Waals surface area contributed by atoms with Gasteiger partial charge < -0.3 is 9.32 Å². The minimum Gasteiger partial charge on any atom is -0.456 e. The normalized spacial score (nSPS) is 12.6. The molecule has 0 N–H and O–H groups in total. The molecule has 0 radical (unpaired) electrons. The van der Waals surface area contributed by atoms with E-state index in [9.17, 15) is 0 Å². The van der Waals surface area contributed by atoms with Gasteiger partial charge >= 0.3 is 0 Å². The lowest BCUT2D eigenvalue weighted by Crippen LogP contribution is -2.30. The molecular formula is C61H41NO. The first-order valence-corrected chi connectivity index (χ1v) is 21.7. The summed E-state index contributed by atoms with van der Waals surface area (Å²) in [6.45, 7) is 0. The van der Waals surface area contributed by atoms with E-state index < -0.39 is 5.41 Å². The van der Waals surface area contributed by atoms with Crippen LogP contribution in [0.5, 0.6) is 0 Å². The van der Waals surface area contributed by atoms with Gasteiger partial charge in [-0.05, 0) is 98.1 Å². The van der Waals surface area contributed by atoms with Gasteiger partial charge in [0, 0.05) is 27.6 Å². The molecule has 1 heterocycles. The topological polar surface area (TPSA) is 16.4 Å². The van der Waals surface area contributed by atoms with E-state index in [1.807, 2.05) is 12.1 Å². The first-order chi connectivity index (χ1) is 31.3. The predicted molar refractivity (Wildman–Crippen MR) is 262 cm³/mol. The molecule has 0 atom stereocenters. The maximum Gasteiger partial charge on any atom is 0.136 e. The fraction of sp³-hybridized carbons (Fsp3) is 0.0164. The number of para-hydroxylation sites is 1. The quantitative estimate of drug-likeness (QED) is 0.152. The van der Waals surface area contributed by atoms with Crippen LogP contribution in [0.3, 0.4) is 0 Å². The first kappa shape index (κ1) is 36.6. The Kier molecular flexibility index (Phi) is 8.76. The van der Waals surface area contributed by atoms with Crippen molar-refractivity contribution < 1.29 is 4.42 Å². The van der Waals surface area contributed by atoms with E-state index in [2.05, 4.69) is 241 Å². The summed E-state index contributed by atoms with van der Waals surface area (Å²) < 4.78 is 6.50. The maximum absolute atomic E-state index is 6.50. The van der Waals surface area contributed by atoms with Crippen molar-refractivity contribution in [2.75, 3.05) is 4.90 Å². The monoisotopic (exact) mass is 803 g/mol. The summed E-state index contributed by atoms with van der Waals surface area (Å²) >= 11 is 0. The fourth-order valence-corrected chi connectivity index (χ4v) is 10.3. The highest BCUT2D eigenvalue weighted by Gasteiger charge is 2.48. The Balaban J connectivity index is 1.18. The van der Waals surface area contributed by atoms with Crippen molar-refractivity contribution in [2.45, 2.75) is 5.41 Å². The molecule has 12 rings (SSSR count). The second-order valence-electron chi connectivity index (χ2n) is 16.4. The Labute approximate surface area is 367 Å². The van der Waals surface area contributed by atoms with Crippen LogP contribution in [0, 0.1) is 0 Å². The molecular weight excluding hydrogens is 763 g/mol. The van der Waals surface area contributed by atoms with Crippen molar-refractivity contribution >= 4 is 39.0 Å². The summed E-state index contributed by atoms with van der Waals surface area (Å²) in [7, 11) is 0. The molecule has 0 bridgehead atoms. The maximum atomic E-state index is 6.50. The summed E-state index contributed by atoms with van der Waals surface area (Å²) in [5.74, 6) is 0. The zero-order chi connectivity index (χ0) is 41.7. The number of fused-ring (bicyclic) bond motifs is 6. The lowest BCUT2D eigenvalue weighted by atomic mass is 9.67. The number of anilines is 3.